The van der Waals surface area contributed by atoms with E-state index in [0.29, 0.717) is 29.7 Å². The van der Waals surface area contributed by atoms with Crippen LogP contribution in [-0.2, 0) is 11.2 Å². The number of phenols is 1. The Labute approximate surface area is 149 Å². The summed E-state index contributed by atoms with van der Waals surface area (Å²) in [6, 6.07) is 7.48. The first-order chi connectivity index (χ1) is 11.7. The van der Waals surface area contributed by atoms with Gasteiger partial charge in [-0.3, -0.25) is 0 Å². The number of ether oxygens (including phenoxy) is 2. The van der Waals surface area contributed by atoms with Crippen molar-refractivity contribution in [3.63, 3.8) is 0 Å². The largest absolute Gasteiger partial charge is 0.508 e. The fourth-order valence-electron chi connectivity index (χ4n) is 2.67. The predicted molar refractivity (Wildman–Crippen MR) is 102 cm³/mol. The maximum absolute atomic E-state index is 11.6. The summed E-state index contributed by atoms with van der Waals surface area (Å²) in [7, 11) is -1.16. The van der Waals surface area contributed by atoms with Gasteiger partial charge in [0.05, 0.1) is 5.56 Å². The summed E-state index contributed by atoms with van der Waals surface area (Å²) in [6.07, 6.45) is 0.550. The molecule has 2 N–H and O–H groups in total. The molecule has 0 atom stereocenters. The highest BCUT2D eigenvalue weighted by molar-refractivity contribution is 6.76. The van der Waals surface area contributed by atoms with Crippen molar-refractivity contribution in [3.8, 4) is 11.5 Å². The predicted octanol–water partition coefficient (Wildman–Crippen LogP) is 4.50. The minimum absolute atomic E-state index is 0.0744. The van der Waals surface area contributed by atoms with Crippen LogP contribution >= 0.6 is 0 Å². The van der Waals surface area contributed by atoms with Crippen molar-refractivity contribution in [3.05, 3.63) is 35.4 Å². The van der Waals surface area contributed by atoms with Crippen molar-refractivity contribution in [2.75, 3.05) is 13.4 Å². The summed E-state index contributed by atoms with van der Waals surface area (Å²) >= 11 is 0. The number of benzene rings is 2. The first-order valence-corrected chi connectivity index (χ1v) is 12.2. The number of aromatic hydroxyl groups is 1. The van der Waals surface area contributed by atoms with Crippen LogP contribution in [0.3, 0.4) is 0 Å². The zero-order chi connectivity index (χ0) is 18.6. The molecule has 0 bridgehead atoms. The first-order valence-electron chi connectivity index (χ1n) is 8.45. The highest BCUT2D eigenvalue weighted by Crippen LogP contribution is 2.34. The van der Waals surface area contributed by atoms with E-state index in [0.717, 1.165) is 11.4 Å². The van der Waals surface area contributed by atoms with E-state index in [2.05, 4.69) is 19.6 Å². The topological polar surface area (TPSA) is 76.0 Å². The minimum Gasteiger partial charge on any atom is -0.508 e. The highest BCUT2D eigenvalue weighted by Gasteiger charge is 2.17. The third-order valence-corrected chi connectivity index (χ3v) is 5.78. The monoisotopic (exact) mass is 362 g/mol. The van der Waals surface area contributed by atoms with Gasteiger partial charge in [-0.25, -0.2) is 4.79 Å². The van der Waals surface area contributed by atoms with E-state index < -0.39 is 14.0 Å². The Morgan fingerprint density at radius 3 is 2.48 bits per heavy atom. The molecule has 136 valence electrons. The van der Waals surface area contributed by atoms with E-state index in [1.54, 1.807) is 24.3 Å². The zero-order valence-corrected chi connectivity index (χ0v) is 16.3. The molecule has 0 heterocycles. The van der Waals surface area contributed by atoms with Gasteiger partial charge in [-0.2, -0.15) is 0 Å². The molecule has 6 heteroatoms. The van der Waals surface area contributed by atoms with Crippen LogP contribution in [-0.4, -0.2) is 37.7 Å². The molecule has 25 heavy (non-hydrogen) atoms. The van der Waals surface area contributed by atoms with Crippen molar-refractivity contribution in [2.24, 2.45) is 0 Å². The molecule has 0 aliphatic heterocycles. The van der Waals surface area contributed by atoms with Gasteiger partial charge in [0.25, 0.3) is 0 Å². The fraction of sp³-hybridized carbons (Fsp3) is 0.421. The van der Waals surface area contributed by atoms with Crippen molar-refractivity contribution in [1.82, 2.24) is 0 Å². The molecule has 0 amide bonds. The molecule has 0 unspecified atom stereocenters. The summed E-state index contributed by atoms with van der Waals surface area (Å²) in [5, 5.41) is 20.8. The van der Waals surface area contributed by atoms with E-state index in [1.807, 2.05) is 6.92 Å². The van der Waals surface area contributed by atoms with Crippen LogP contribution in [0.5, 0.6) is 11.5 Å². The van der Waals surface area contributed by atoms with Crippen LogP contribution in [0.1, 0.15) is 22.8 Å². The van der Waals surface area contributed by atoms with Crippen LogP contribution in [0.2, 0.25) is 25.7 Å². The second-order valence-corrected chi connectivity index (χ2v) is 12.9. The summed E-state index contributed by atoms with van der Waals surface area (Å²) in [6.45, 7) is 9.43. The number of aromatic carboxylic acids is 1. The Hall–Kier alpha value is -2.05. The molecule has 2 rings (SSSR count). The highest BCUT2D eigenvalue weighted by atomic mass is 28.3. The van der Waals surface area contributed by atoms with Crippen molar-refractivity contribution < 1.29 is 24.5 Å². The number of fused-ring (bicyclic) bond motifs is 1. The van der Waals surface area contributed by atoms with Crippen molar-refractivity contribution in [1.29, 1.82) is 0 Å². The minimum atomic E-state index is -1.16. The van der Waals surface area contributed by atoms with Gasteiger partial charge in [0.15, 0.2) is 6.79 Å². The summed E-state index contributed by atoms with van der Waals surface area (Å²) in [5.74, 6) is -0.453. The second kappa shape index (κ2) is 7.88. The number of hydrogen-bond donors (Lipinski definition) is 2. The lowest BCUT2D eigenvalue weighted by atomic mass is 9.96. The first kappa shape index (κ1) is 19.3. The molecular formula is C19H26O5Si. The second-order valence-electron chi connectivity index (χ2n) is 7.27. The SMILES string of the molecule is CCc1c(C(=O)O)cc(OCOCC[Si](C)(C)C)c2ccc(O)cc12. The maximum atomic E-state index is 11.6. The fourth-order valence-corrected chi connectivity index (χ4v) is 3.43. The molecule has 0 saturated carbocycles. The van der Waals surface area contributed by atoms with Gasteiger partial charge < -0.3 is 19.7 Å². The van der Waals surface area contributed by atoms with Gasteiger partial charge in [-0.05, 0) is 47.7 Å². The molecule has 2 aromatic carbocycles. The molecule has 0 saturated heterocycles. The zero-order valence-electron chi connectivity index (χ0n) is 15.3. The lowest BCUT2D eigenvalue weighted by Crippen LogP contribution is -2.22. The van der Waals surface area contributed by atoms with Gasteiger partial charge in [-0.1, -0.05) is 26.6 Å². The number of carboxylic acids is 1. The average Bonchev–Trinajstić information content (AvgIpc) is 2.52. The third kappa shape index (κ3) is 4.96. The summed E-state index contributed by atoms with van der Waals surface area (Å²) in [4.78, 5) is 11.6. The third-order valence-electron chi connectivity index (χ3n) is 4.07. The molecule has 5 nitrogen and oxygen atoms in total. The number of phenolic OH excluding ortho intramolecular Hbond substituents is 1. The molecular weight excluding hydrogens is 336 g/mol. The van der Waals surface area contributed by atoms with E-state index in [1.165, 1.54) is 0 Å². The number of hydrogen-bond acceptors (Lipinski definition) is 4. The van der Waals surface area contributed by atoms with Crippen LogP contribution in [0.25, 0.3) is 10.8 Å². The quantitative estimate of drug-likeness (QED) is 0.411. The lowest BCUT2D eigenvalue weighted by molar-refractivity contribution is 0.0228. The molecule has 0 aromatic heterocycles. The number of carbonyl (C=O) groups is 1. The van der Waals surface area contributed by atoms with Crippen LogP contribution in [0, 0.1) is 0 Å². The Balaban J connectivity index is 2.28. The van der Waals surface area contributed by atoms with Gasteiger partial charge in [0.2, 0.25) is 0 Å². The Morgan fingerprint density at radius 1 is 1.16 bits per heavy atom. The number of rotatable bonds is 8. The molecule has 0 aliphatic rings. The van der Waals surface area contributed by atoms with E-state index in [4.69, 9.17) is 9.47 Å². The Bertz CT molecular complexity index is 764. The molecule has 0 spiro atoms. The van der Waals surface area contributed by atoms with Crippen molar-refractivity contribution in [2.45, 2.75) is 39.0 Å². The van der Waals surface area contributed by atoms with Crippen molar-refractivity contribution >= 4 is 24.8 Å². The van der Waals surface area contributed by atoms with Crippen LogP contribution in [0.4, 0.5) is 0 Å². The summed E-state index contributed by atoms with van der Waals surface area (Å²) in [5.41, 5.74) is 0.878. The van der Waals surface area contributed by atoms with Crippen LogP contribution < -0.4 is 4.74 Å². The average molecular weight is 362 g/mol. The molecule has 0 aliphatic carbocycles. The maximum Gasteiger partial charge on any atom is 0.336 e. The van der Waals surface area contributed by atoms with E-state index in [9.17, 15) is 15.0 Å². The van der Waals surface area contributed by atoms with Gasteiger partial charge in [0.1, 0.15) is 11.5 Å². The van der Waals surface area contributed by atoms with Gasteiger partial charge >= 0.3 is 5.97 Å². The van der Waals surface area contributed by atoms with E-state index in [-0.39, 0.29) is 18.1 Å². The van der Waals surface area contributed by atoms with E-state index >= 15 is 0 Å². The Kier molecular flexibility index (Phi) is 6.08. The summed E-state index contributed by atoms with van der Waals surface area (Å²) < 4.78 is 11.3. The molecule has 2 aromatic rings. The number of carboxylic acid groups (broad SMARTS) is 1. The molecule has 0 radical (unpaired) electrons. The van der Waals surface area contributed by atoms with Gasteiger partial charge in [-0.15, -0.1) is 0 Å². The normalized spacial score (nSPS) is 11.7. The lowest BCUT2D eigenvalue weighted by Gasteiger charge is -2.17. The van der Waals surface area contributed by atoms with Gasteiger partial charge in [0, 0.05) is 20.1 Å². The standard InChI is InChI=1S/C19H26O5Si/c1-5-14-16-10-13(20)6-7-15(16)18(11-17(14)19(21)22)24-12-23-8-9-25(2,3)4/h6-7,10-11,20H,5,8-9,12H2,1-4H3,(H,21,22). The van der Waals surface area contributed by atoms with Crippen LogP contribution in [0.15, 0.2) is 24.3 Å². The smallest absolute Gasteiger partial charge is 0.336 e. The molecule has 0 fully saturated rings. The Morgan fingerprint density at radius 2 is 1.88 bits per heavy atom. The number of aryl methyl sites for hydroxylation is 1.